The third-order valence-electron chi connectivity index (χ3n) is 5.54. The maximum Gasteiger partial charge on any atom is 0.321 e. The lowest BCUT2D eigenvalue weighted by molar-refractivity contribution is -0.134. The quantitative estimate of drug-likeness (QED) is 0.619. The van der Waals surface area contributed by atoms with Crippen LogP contribution in [-0.2, 0) is 17.9 Å². The van der Waals surface area contributed by atoms with Crippen LogP contribution >= 0.6 is 0 Å². The van der Waals surface area contributed by atoms with Crippen LogP contribution < -0.4 is 5.32 Å². The van der Waals surface area contributed by atoms with Gasteiger partial charge in [-0.05, 0) is 29.8 Å². The van der Waals surface area contributed by atoms with Crippen molar-refractivity contribution < 1.29 is 14.0 Å². The minimum absolute atomic E-state index is 0.0486. The van der Waals surface area contributed by atoms with E-state index in [0.717, 1.165) is 17.0 Å². The van der Waals surface area contributed by atoms with Gasteiger partial charge in [-0.15, -0.1) is 0 Å². The SMILES string of the molecule is O=C(CN1CCN(C(=O)Nc2ccccc2)CC1)N(Cc1ccccc1)Cc1ccco1. The van der Waals surface area contributed by atoms with E-state index in [1.54, 1.807) is 11.2 Å². The highest BCUT2D eigenvalue weighted by molar-refractivity contribution is 5.89. The zero-order valence-corrected chi connectivity index (χ0v) is 18.0. The van der Waals surface area contributed by atoms with Crippen molar-refractivity contribution in [2.24, 2.45) is 0 Å². The minimum atomic E-state index is -0.106. The lowest BCUT2D eigenvalue weighted by Crippen LogP contribution is -2.52. The number of rotatable bonds is 7. The zero-order chi connectivity index (χ0) is 22.2. The second-order valence-corrected chi connectivity index (χ2v) is 7.87. The van der Waals surface area contributed by atoms with Crippen LogP contribution in [0.1, 0.15) is 11.3 Å². The van der Waals surface area contributed by atoms with E-state index in [4.69, 9.17) is 4.42 Å². The molecule has 2 aromatic carbocycles. The number of para-hydroxylation sites is 1. The molecule has 2 heterocycles. The number of nitrogens with one attached hydrogen (secondary N) is 1. The molecular formula is C25H28N4O3. The molecule has 1 fully saturated rings. The number of carbonyl (C=O) groups excluding carboxylic acids is 2. The van der Waals surface area contributed by atoms with Gasteiger partial charge in [-0.1, -0.05) is 48.5 Å². The van der Waals surface area contributed by atoms with E-state index < -0.39 is 0 Å². The van der Waals surface area contributed by atoms with Gasteiger partial charge in [0.15, 0.2) is 0 Å². The average Bonchev–Trinajstić information content (AvgIpc) is 3.34. The minimum Gasteiger partial charge on any atom is -0.467 e. The van der Waals surface area contributed by atoms with Crippen LogP contribution in [0.5, 0.6) is 0 Å². The summed E-state index contributed by atoms with van der Waals surface area (Å²) < 4.78 is 5.47. The number of carbonyl (C=O) groups is 2. The summed E-state index contributed by atoms with van der Waals surface area (Å²) in [6, 6.07) is 23.0. The van der Waals surface area contributed by atoms with Crippen LogP contribution in [0, 0.1) is 0 Å². The second kappa shape index (κ2) is 10.6. The van der Waals surface area contributed by atoms with Gasteiger partial charge in [-0.2, -0.15) is 0 Å². The number of nitrogens with zero attached hydrogens (tertiary/aromatic N) is 3. The highest BCUT2D eigenvalue weighted by atomic mass is 16.3. The maximum absolute atomic E-state index is 13.1. The molecule has 0 aliphatic carbocycles. The van der Waals surface area contributed by atoms with Gasteiger partial charge in [0.2, 0.25) is 5.91 Å². The number of piperazine rings is 1. The van der Waals surface area contributed by atoms with Gasteiger partial charge >= 0.3 is 6.03 Å². The summed E-state index contributed by atoms with van der Waals surface area (Å²) >= 11 is 0. The highest BCUT2D eigenvalue weighted by Gasteiger charge is 2.25. The molecule has 7 nitrogen and oxygen atoms in total. The summed E-state index contributed by atoms with van der Waals surface area (Å²) in [5, 5.41) is 2.92. The van der Waals surface area contributed by atoms with Gasteiger partial charge in [0.05, 0.1) is 19.4 Å². The fraction of sp³-hybridized carbons (Fsp3) is 0.280. The molecule has 166 valence electrons. The van der Waals surface area contributed by atoms with Crippen molar-refractivity contribution in [2.45, 2.75) is 13.1 Å². The largest absolute Gasteiger partial charge is 0.467 e. The Morgan fingerprint density at radius 3 is 2.19 bits per heavy atom. The van der Waals surface area contributed by atoms with Gasteiger partial charge < -0.3 is 19.5 Å². The molecule has 4 rings (SSSR count). The summed E-state index contributed by atoms with van der Waals surface area (Å²) in [4.78, 5) is 31.4. The van der Waals surface area contributed by atoms with Crippen LogP contribution in [0.4, 0.5) is 10.5 Å². The highest BCUT2D eigenvalue weighted by Crippen LogP contribution is 2.13. The third kappa shape index (κ3) is 5.98. The number of furan rings is 1. The van der Waals surface area contributed by atoms with Crippen LogP contribution in [0.25, 0.3) is 0 Å². The normalized spacial score (nSPS) is 14.2. The number of hydrogen-bond donors (Lipinski definition) is 1. The Balaban J connectivity index is 1.31. The number of benzene rings is 2. The fourth-order valence-electron chi connectivity index (χ4n) is 3.75. The van der Waals surface area contributed by atoms with Gasteiger partial charge in [0.25, 0.3) is 0 Å². The number of anilines is 1. The summed E-state index contributed by atoms with van der Waals surface area (Å²) in [6.45, 7) is 3.77. The Morgan fingerprint density at radius 2 is 1.53 bits per heavy atom. The first kappa shape index (κ1) is 21.6. The molecule has 7 heteroatoms. The summed E-state index contributed by atoms with van der Waals surface area (Å²) in [7, 11) is 0. The predicted octanol–water partition coefficient (Wildman–Crippen LogP) is 3.66. The Labute approximate surface area is 188 Å². The molecule has 0 spiro atoms. The van der Waals surface area contributed by atoms with Crippen molar-refractivity contribution in [1.29, 1.82) is 0 Å². The van der Waals surface area contributed by atoms with E-state index in [1.165, 1.54) is 0 Å². The van der Waals surface area contributed by atoms with Gasteiger partial charge in [0, 0.05) is 38.4 Å². The lowest BCUT2D eigenvalue weighted by Gasteiger charge is -2.35. The summed E-state index contributed by atoms with van der Waals surface area (Å²) in [6.07, 6.45) is 1.63. The standard InChI is InChI=1S/C25H28N4O3/c30-24(29(19-23-12-7-17-32-23)18-21-8-3-1-4-9-21)20-27-13-15-28(16-14-27)25(31)26-22-10-5-2-6-11-22/h1-12,17H,13-16,18-20H2,(H,26,31). The van der Waals surface area contributed by atoms with E-state index in [-0.39, 0.29) is 11.9 Å². The Bertz CT molecular complexity index is 985. The van der Waals surface area contributed by atoms with Crippen molar-refractivity contribution in [3.05, 3.63) is 90.4 Å². The molecule has 0 atom stereocenters. The molecule has 1 aliphatic heterocycles. The van der Waals surface area contributed by atoms with E-state index in [1.807, 2.05) is 77.7 Å². The predicted molar refractivity (Wildman–Crippen MR) is 123 cm³/mol. The first-order chi connectivity index (χ1) is 15.7. The van der Waals surface area contributed by atoms with Crippen LogP contribution in [-0.4, -0.2) is 59.4 Å². The summed E-state index contributed by atoms with van der Waals surface area (Å²) in [5.74, 6) is 0.809. The molecule has 0 unspecified atom stereocenters. The van der Waals surface area contributed by atoms with Crippen LogP contribution in [0.3, 0.4) is 0 Å². The van der Waals surface area contributed by atoms with Crippen molar-refractivity contribution in [2.75, 3.05) is 38.0 Å². The molecule has 0 radical (unpaired) electrons. The monoisotopic (exact) mass is 432 g/mol. The van der Waals surface area contributed by atoms with Gasteiger partial charge in [-0.3, -0.25) is 9.69 Å². The van der Waals surface area contributed by atoms with Crippen LogP contribution in [0.15, 0.2) is 83.5 Å². The number of amides is 3. The number of urea groups is 1. The van der Waals surface area contributed by atoms with E-state index in [9.17, 15) is 9.59 Å². The number of hydrogen-bond acceptors (Lipinski definition) is 4. The van der Waals surface area contributed by atoms with Gasteiger partial charge in [-0.25, -0.2) is 4.79 Å². The summed E-state index contributed by atoms with van der Waals surface area (Å²) in [5.41, 5.74) is 1.86. The molecule has 0 saturated carbocycles. The first-order valence-electron chi connectivity index (χ1n) is 10.8. The maximum atomic E-state index is 13.1. The van der Waals surface area contributed by atoms with Crippen molar-refractivity contribution in [1.82, 2.24) is 14.7 Å². The molecule has 1 saturated heterocycles. The molecule has 3 amide bonds. The van der Waals surface area contributed by atoms with E-state index in [0.29, 0.717) is 45.8 Å². The Kier molecular flexibility index (Phi) is 7.19. The third-order valence-corrected chi connectivity index (χ3v) is 5.54. The molecule has 3 aromatic rings. The van der Waals surface area contributed by atoms with E-state index in [2.05, 4.69) is 10.2 Å². The molecular weight excluding hydrogens is 404 g/mol. The molecule has 32 heavy (non-hydrogen) atoms. The molecule has 1 aromatic heterocycles. The average molecular weight is 433 g/mol. The Hall–Kier alpha value is -3.58. The van der Waals surface area contributed by atoms with Crippen molar-refractivity contribution >= 4 is 17.6 Å². The van der Waals surface area contributed by atoms with Gasteiger partial charge in [0.1, 0.15) is 5.76 Å². The Morgan fingerprint density at radius 1 is 0.844 bits per heavy atom. The fourth-order valence-corrected chi connectivity index (χ4v) is 3.75. The molecule has 1 N–H and O–H groups in total. The topological polar surface area (TPSA) is 69.0 Å². The lowest BCUT2D eigenvalue weighted by atomic mass is 10.2. The molecule has 0 bridgehead atoms. The first-order valence-corrected chi connectivity index (χ1v) is 10.8. The van der Waals surface area contributed by atoms with Crippen molar-refractivity contribution in [3.8, 4) is 0 Å². The second-order valence-electron chi connectivity index (χ2n) is 7.87. The molecule has 1 aliphatic rings. The van der Waals surface area contributed by atoms with E-state index >= 15 is 0 Å². The zero-order valence-electron chi connectivity index (χ0n) is 18.0. The smallest absolute Gasteiger partial charge is 0.321 e. The van der Waals surface area contributed by atoms with Crippen LogP contribution in [0.2, 0.25) is 0 Å². The van der Waals surface area contributed by atoms with Crippen molar-refractivity contribution in [3.63, 3.8) is 0 Å².